The zero-order valence-electron chi connectivity index (χ0n) is 18.6. The maximum atomic E-state index is 12.4. The summed E-state index contributed by atoms with van der Waals surface area (Å²) in [5.41, 5.74) is 6.43. The van der Waals surface area contributed by atoms with Gasteiger partial charge in [0.25, 0.3) is 5.91 Å². The predicted molar refractivity (Wildman–Crippen MR) is 141 cm³/mol. The van der Waals surface area contributed by atoms with Crippen molar-refractivity contribution in [2.24, 2.45) is 5.10 Å². The van der Waals surface area contributed by atoms with Crippen LogP contribution in [0.25, 0.3) is 17.1 Å². The largest absolute Gasteiger partial charge is 0.272 e. The quantitative estimate of drug-likeness (QED) is 0.184. The molecule has 0 saturated carbocycles. The van der Waals surface area contributed by atoms with Gasteiger partial charge in [-0.3, -0.25) is 9.36 Å². The first-order valence-corrected chi connectivity index (χ1v) is 13.0. The maximum absolute atomic E-state index is 12.4. The smallest absolute Gasteiger partial charge is 0.250 e. The van der Waals surface area contributed by atoms with E-state index in [9.17, 15) is 4.79 Å². The lowest BCUT2D eigenvalue weighted by atomic mass is 10.2. The van der Waals surface area contributed by atoms with Crippen LogP contribution in [0, 0.1) is 6.92 Å². The van der Waals surface area contributed by atoms with E-state index in [1.165, 1.54) is 16.7 Å². The number of halogens is 1. The molecule has 1 aromatic heterocycles. The average Bonchev–Trinajstić information content (AvgIpc) is 3.28. The van der Waals surface area contributed by atoms with E-state index >= 15 is 0 Å². The molecule has 1 heterocycles. The molecule has 0 saturated heterocycles. The number of carbonyl (C=O) groups is 1. The standard InChI is InChI=1S/C25H22ClN5OS2/c1-17-3-11-21(12-4-17)31-24(19-7-9-20(26)10-8-19)29-30-25(31)34-16-23(32)28-27-15-18-5-13-22(33-2)14-6-18/h3-15H,16H2,1-2H3,(H,28,32)/b27-15-. The minimum Gasteiger partial charge on any atom is -0.272 e. The van der Waals surface area contributed by atoms with Gasteiger partial charge in [-0.25, -0.2) is 5.43 Å². The van der Waals surface area contributed by atoms with Crippen molar-refractivity contribution in [3.8, 4) is 17.1 Å². The fourth-order valence-electron chi connectivity index (χ4n) is 3.11. The SMILES string of the molecule is CSc1ccc(/C=N\NC(=O)CSc2nnc(-c3ccc(Cl)cc3)n2-c2ccc(C)cc2)cc1. The van der Waals surface area contributed by atoms with Gasteiger partial charge in [-0.1, -0.05) is 53.2 Å². The Kier molecular flexibility index (Phi) is 8.05. The first-order chi connectivity index (χ1) is 16.5. The lowest BCUT2D eigenvalue weighted by Gasteiger charge is -2.10. The second kappa shape index (κ2) is 11.4. The molecule has 0 unspecified atom stereocenters. The van der Waals surface area contributed by atoms with Crippen molar-refractivity contribution >= 4 is 47.2 Å². The first kappa shape index (κ1) is 24.1. The Morgan fingerprint density at radius 1 is 1.03 bits per heavy atom. The van der Waals surface area contributed by atoms with Crippen LogP contribution in [0.15, 0.2) is 87.9 Å². The third-order valence-corrected chi connectivity index (χ3v) is 6.80. The van der Waals surface area contributed by atoms with Gasteiger partial charge >= 0.3 is 0 Å². The molecule has 34 heavy (non-hydrogen) atoms. The summed E-state index contributed by atoms with van der Waals surface area (Å²) in [6.45, 7) is 2.04. The molecule has 0 atom stereocenters. The zero-order valence-corrected chi connectivity index (χ0v) is 21.0. The molecule has 9 heteroatoms. The van der Waals surface area contributed by atoms with Gasteiger partial charge in [0.2, 0.25) is 0 Å². The lowest BCUT2D eigenvalue weighted by molar-refractivity contribution is -0.118. The summed E-state index contributed by atoms with van der Waals surface area (Å²) in [6, 6.07) is 23.5. The van der Waals surface area contributed by atoms with Crippen LogP contribution in [-0.2, 0) is 4.79 Å². The van der Waals surface area contributed by atoms with Gasteiger partial charge in [-0.15, -0.1) is 22.0 Å². The van der Waals surface area contributed by atoms with Crippen LogP contribution in [0.2, 0.25) is 5.02 Å². The minimum absolute atomic E-state index is 0.146. The molecule has 6 nitrogen and oxygen atoms in total. The van der Waals surface area contributed by atoms with Crippen molar-refractivity contribution in [3.05, 3.63) is 88.9 Å². The first-order valence-electron chi connectivity index (χ1n) is 10.4. The predicted octanol–water partition coefficient (Wildman–Crippen LogP) is 5.86. The van der Waals surface area contributed by atoms with Crippen molar-refractivity contribution in [1.29, 1.82) is 0 Å². The number of hydrogen-bond donors (Lipinski definition) is 1. The number of nitrogens with zero attached hydrogens (tertiary/aromatic N) is 4. The van der Waals surface area contributed by atoms with Crippen molar-refractivity contribution in [2.75, 3.05) is 12.0 Å². The normalized spacial score (nSPS) is 11.1. The highest BCUT2D eigenvalue weighted by molar-refractivity contribution is 7.99. The fourth-order valence-corrected chi connectivity index (χ4v) is 4.39. The average molecular weight is 508 g/mol. The number of thioether (sulfide) groups is 2. The van der Waals surface area contributed by atoms with E-state index in [1.54, 1.807) is 18.0 Å². The Morgan fingerprint density at radius 3 is 2.41 bits per heavy atom. The Hall–Kier alpha value is -3.07. The summed E-state index contributed by atoms with van der Waals surface area (Å²) in [6.07, 6.45) is 3.65. The van der Waals surface area contributed by atoms with Crippen LogP contribution in [-0.4, -0.2) is 38.9 Å². The Bertz CT molecular complexity index is 1290. The maximum Gasteiger partial charge on any atom is 0.250 e. The van der Waals surface area contributed by atoms with Gasteiger partial charge < -0.3 is 0 Å². The highest BCUT2D eigenvalue weighted by Crippen LogP contribution is 2.28. The Morgan fingerprint density at radius 2 is 1.74 bits per heavy atom. The third kappa shape index (κ3) is 6.08. The van der Waals surface area contributed by atoms with E-state index in [-0.39, 0.29) is 11.7 Å². The Balaban J connectivity index is 1.48. The molecular formula is C25H22ClN5OS2. The number of rotatable bonds is 8. The molecule has 1 N–H and O–H groups in total. The molecule has 0 bridgehead atoms. The van der Waals surface area contributed by atoms with Crippen LogP contribution in [0.3, 0.4) is 0 Å². The second-order valence-corrected chi connectivity index (χ2v) is 9.60. The van der Waals surface area contributed by atoms with Gasteiger partial charge in [0.05, 0.1) is 12.0 Å². The molecule has 0 aliphatic heterocycles. The lowest BCUT2D eigenvalue weighted by Crippen LogP contribution is -2.20. The molecule has 4 aromatic rings. The van der Waals surface area contributed by atoms with E-state index in [0.717, 1.165) is 22.4 Å². The van der Waals surface area contributed by atoms with Crippen LogP contribution in [0.5, 0.6) is 0 Å². The molecule has 0 spiro atoms. The van der Waals surface area contributed by atoms with Crippen LogP contribution < -0.4 is 5.43 Å². The molecule has 0 radical (unpaired) electrons. The molecule has 0 fully saturated rings. The highest BCUT2D eigenvalue weighted by Gasteiger charge is 2.17. The number of aryl methyl sites for hydroxylation is 1. The number of carbonyl (C=O) groups excluding carboxylic acids is 1. The topological polar surface area (TPSA) is 72.2 Å². The minimum atomic E-state index is -0.228. The molecule has 0 aliphatic carbocycles. The number of benzene rings is 3. The second-order valence-electron chi connectivity index (χ2n) is 7.34. The van der Waals surface area contributed by atoms with Crippen molar-refractivity contribution < 1.29 is 4.79 Å². The summed E-state index contributed by atoms with van der Waals surface area (Å²) in [4.78, 5) is 13.6. The highest BCUT2D eigenvalue weighted by atomic mass is 35.5. The van der Waals surface area contributed by atoms with E-state index in [0.29, 0.717) is 16.0 Å². The fraction of sp³-hybridized carbons (Fsp3) is 0.120. The Labute approximate surface area is 211 Å². The van der Waals surface area contributed by atoms with Crippen molar-refractivity contribution in [3.63, 3.8) is 0 Å². The molecule has 172 valence electrons. The zero-order chi connectivity index (χ0) is 23.9. The number of hydrogen-bond acceptors (Lipinski definition) is 6. The molecule has 4 rings (SSSR count). The summed E-state index contributed by atoms with van der Waals surface area (Å²) in [7, 11) is 0. The summed E-state index contributed by atoms with van der Waals surface area (Å²) >= 11 is 9.03. The molecular weight excluding hydrogens is 486 g/mol. The van der Waals surface area contributed by atoms with Gasteiger partial charge in [0, 0.05) is 21.2 Å². The number of nitrogens with one attached hydrogen (secondary N) is 1. The number of amides is 1. The van der Waals surface area contributed by atoms with E-state index in [4.69, 9.17) is 11.6 Å². The van der Waals surface area contributed by atoms with Crippen LogP contribution in [0.1, 0.15) is 11.1 Å². The number of hydrazone groups is 1. The van der Waals surface area contributed by atoms with Crippen molar-refractivity contribution in [1.82, 2.24) is 20.2 Å². The summed E-state index contributed by atoms with van der Waals surface area (Å²) in [5, 5.41) is 14.1. The van der Waals surface area contributed by atoms with E-state index in [2.05, 4.69) is 20.7 Å². The van der Waals surface area contributed by atoms with Gasteiger partial charge in [-0.2, -0.15) is 5.10 Å². The van der Waals surface area contributed by atoms with Crippen LogP contribution in [0.4, 0.5) is 0 Å². The van der Waals surface area contributed by atoms with Gasteiger partial charge in [0.15, 0.2) is 11.0 Å². The number of aromatic nitrogens is 3. The molecule has 1 amide bonds. The molecule has 3 aromatic carbocycles. The summed E-state index contributed by atoms with van der Waals surface area (Å²) < 4.78 is 1.94. The van der Waals surface area contributed by atoms with Crippen molar-refractivity contribution in [2.45, 2.75) is 17.0 Å². The monoisotopic (exact) mass is 507 g/mol. The summed E-state index contributed by atoms with van der Waals surface area (Å²) in [5.74, 6) is 0.594. The van der Waals surface area contributed by atoms with E-state index in [1.807, 2.05) is 90.5 Å². The van der Waals surface area contributed by atoms with Gasteiger partial charge in [0.1, 0.15) is 0 Å². The third-order valence-electron chi connectivity index (χ3n) is 4.88. The molecule has 0 aliphatic rings. The van der Waals surface area contributed by atoms with Crippen LogP contribution >= 0.6 is 35.1 Å². The van der Waals surface area contributed by atoms with Gasteiger partial charge in [-0.05, 0) is 67.3 Å². The van der Waals surface area contributed by atoms with E-state index < -0.39 is 0 Å².